The van der Waals surface area contributed by atoms with Gasteiger partial charge in [-0.05, 0) is 44.0 Å². The van der Waals surface area contributed by atoms with E-state index in [4.69, 9.17) is 16.3 Å². The molecule has 0 saturated heterocycles. The van der Waals surface area contributed by atoms with Crippen LogP contribution in [0.1, 0.15) is 41.9 Å². The van der Waals surface area contributed by atoms with Gasteiger partial charge in [-0.1, -0.05) is 24.6 Å². The van der Waals surface area contributed by atoms with E-state index in [9.17, 15) is 23.5 Å². The van der Waals surface area contributed by atoms with Crippen LogP contribution in [0.15, 0.2) is 30.3 Å². The fraction of sp³-hybridized carbons (Fsp3) is 0.273. The molecule has 1 N–H and O–H groups in total. The predicted octanol–water partition coefficient (Wildman–Crippen LogP) is 5.16. The summed E-state index contributed by atoms with van der Waals surface area (Å²) in [6.45, 7) is 5.08. The number of ether oxygens (including phenoxy) is 1. The van der Waals surface area contributed by atoms with Gasteiger partial charge in [-0.2, -0.15) is 0 Å². The molecule has 1 unspecified atom stereocenters. The Morgan fingerprint density at radius 1 is 1.27 bits per heavy atom. The van der Waals surface area contributed by atoms with Crippen LogP contribution >= 0.6 is 11.6 Å². The molecule has 8 heteroatoms. The number of benzene rings is 2. The second-order valence-corrected chi connectivity index (χ2v) is 7.45. The topological polar surface area (TPSA) is 68.5 Å². The van der Waals surface area contributed by atoms with E-state index in [2.05, 4.69) is 0 Å². The van der Waals surface area contributed by atoms with Gasteiger partial charge in [0.2, 0.25) is 0 Å². The molecule has 30 heavy (non-hydrogen) atoms. The summed E-state index contributed by atoms with van der Waals surface area (Å²) in [5.74, 6) is -4.83. The first-order valence-corrected chi connectivity index (χ1v) is 9.74. The molecule has 0 aliphatic heterocycles. The third-order valence-corrected chi connectivity index (χ3v) is 5.23. The normalized spacial score (nSPS) is 12.2. The summed E-state index contributed by atoms with van der Waals surface area (Å²) in [4.78, 5) is 25.5. The average molecular weight is 436 g/mol. The predicted molar refractivity (Wildman–Crippen MR) is 109 cm³/mol. The maximum atomic E-state index is 14.8. The molecule has 1 aromatic heterocycles. The van der Waals surface area contributed by atoms with Crippen molar-refractivity contribution in [3.8, 4) is 5.75 Å². The van der Waals surface area contributed by atoms with Crippen LogP contribution in [-0.2, 0) is 16.0 Å². The molecule has 0 aliphatic carbocycles. The number of phenolic OH excluding ortho intramolecular Hbond substituents is 1. The Labute approximate surface area is 176 Å². The number of rotatable bonds is 5. The van der Waals surface area contributed by atoms with Gasteiger partial charge in [0.05, 0.1) is 18.0 Å². The third kappa shape index (κ3) is 3.89. The number of fused-ring (bicyclic) bond motifs is 1. The summed E-state index contributed by atoms with van der Waals surface area (Å²) in [5, 5.41) is 9.88. The molecule has 0 amide bonds. The van der Waals surface area contributed by atoms with Crippen molar-refractivity contribution in [2.75, 3.05) is 0 Å². The number of aromatic hydroxyl groups is 1. The summed E-state index contributed by atoms with van der Waals surface area (Å²) in [5.41, 5.74) is 0.475. The molecule has 3 aromatic rings. The quantitative estimate of drug-likeness (QED) is 0.562. The van der Waals surface area contributed by atoms with Crippen molar-refractivity contribution in [3.63, 3.8) is 0 Å². The Hall–Kier alpha value is -2.93. The lowest BCUT2D eigenvalue weighted by molar-refractivity contribution is -0.147. The summed E-state index contributed by atoms with van der Waals surface area (Å²) in [6, 6.07) is 6.98. The maximum absolute atomic E-state index is 14.8. The van der Waals surface area contributed by atoms with E-state index in [-0.39, 0.29) is 40.2 Å². The molecule has 3 rings (SSSR count). The number of aromatic nitrogens is 1. The molecule has 1 heterocycles. The monoisotopic (exact) mass is 435 g/mol. The molecule has 158 valence electrons. The first-order valence-electron chi connectivity index (χ1n) is 9.36. The van der Waals surface area contributed by atoms with Gasteiger partial charge in [0, 0.05) is 27.7 Å². The molecule has 0 fully saturated rings. The Kier molecular flexibility index (Phi) is 6.12. The molecule has 0 spiro atoms. The Bertz CT molecular complexity index is 1160. The average Bonchev–Trinajstić information content (AvgIpc) is 2.96. The van der Waals surface area contributed by atoms with Crippen molar-refractivity contribution in [1.82, 2.24) is 4.57 Å². The van der Waals surface area contributed by atoms with Crippen LogP contribution in [0.2, 0.25) is 5.02 Å². The summed E-state index contributed by atoms with van der Waals surface area (Å²) in [6.07, 6.45) is -0.0835. The van der Waals surface area contributed by atoms with Crippen molar-refractivity contribution in [2.24, 2.45) is 0 Å². The van der Waals surface area contributed by atoms with Gasteiger partial charge in [-0.3, -0.25) is 14.2 Å². The van der Waals surface area contributed by atoms with Crippen LogP contribution < -0.4 is 0 Å². The SMILES string of the molecule is CCC(C)OC(=O)Cc1c(C)n(C(=O)c2cccc(Cl)c2)c2cc(F)c(O)c(F)c12. The Morgan fingerprint density at radius 2 is 1.97 bits per heavy atom. The number of hydrogen-bond donors (Lipinski definition) is 1. The van der Waals surface area contributed by atoms with Crippen LogP contribution in [0.4, 0.5) is 8.78 Å². The van der Waals surface area contributed by atoms with Crippen LogP contribution in [-0.4, -0.2) is 27.7 Å². The molecule has 0 aliphatic rings. The van der Waals surface area contributed by atoms with E-state index >= 15 is 0 Å². The fourth-order valence-corrected chi connectivity index (χ4v) is 3.47. The molecular weight excluding hydrogens is 416 g/mol. The highest BCUT2D eigenvalue weighted by molar-refractivity contribution is 6.31. The molecule has 2 aromatic carbocycles. The number of carbonyl (C=O) groups is 2. The number of esters is 1. The Balaban J connectivity index is 2.22. The second kappa shape index (κ2) is 8.44. The number of halogens is 3. The molecular formula is C22H20ClF2NO4. The van der Waals surface area contributed by atoms with Gasteiger partial charge >= 0.3 is 5.97 Å². The van der Waals surface area contributed by atoms with E-state index < -0.39 is 29.3 Å². The Morgan fingerprint density at radius 3 is 2.60 bits per heavy atom. The first kappa shape index (κ1) is 21.8. The summed E-state index contributed by atoms with van der Waals surface area (Å²) >= 11 is 5.97. The van der Waals surface area contributed by atoms with E-state index in [0.717, 1.165) is 10.6 Å². The molecule has 5 nitrogen and oxygen atoms in total. The van der Waals surface area contributed by atoms with Crippen molar-refractivity contribution < 1.29 is 28.2 Å². The summed E-state index contributed by atoms with van der Waals surface area (Å²) < 4.78 is 35.3. The number of carbonyl (C=O) groups excluding carboxylic acids is 2. The molecule has 1 atom stereocenters. The smallest absolute Gasteiger partial charge is 0.310 e. The van der Waals surface area contributed by atoms with Crippen molar-refractivity contribution in [2.45, 2.75) is 39.7 Å². The standard InChI is InChI=1S/C22H20ClF2NO4/c1-4-11(2)30-18(27)9-15-12(3)26(22(29)13-6-5-7-14(23)8-13)17-10-16(24)21(28)20(25)19(15)17/h5-8,10-11,28H,4,9H2,1-3H3. The minimum absolute atomic E-state index is 0.100. The van der Waals surface area contributed by atoms with E-state index in [0.29, 0.717) is 11.4 Å². The lowest BCUT2D eigenvalue weighted by Crippen LogP contribution is -2.17. The van der Waals surface area contributed by atoms with Crippen LogP contribution in [0.5, 0.6) is 5.75 Å². The fourth-order valence-electron chi connectivity index (χ4n) is 3.28. The summed E-state index contributed by atoms with van der Waals surface area (Å²) in [7, 11) is 0. The van der Waals surface area contributed by atoms with Gasteiger partial charge in [0.1, 0.15) is 0 Å². The van der Waals surface area contributed by atoms with Crippen molar-refractivity contribution in [1.29, 1.82) is 0 Å². The maximum Gasteiger partial charge on any atom is 0.310 e. The molecule has 0 radical (unpaired) electrons. The molecule has 0 bridgehead atoms. The van der Waals surface area contributed by atoms with Gasteiger partial charge in [0.15, 0.2) is 17.4 Å². The zero-order valence-electron chi connectivity index (χ0n) is 16.6. The molecule has 0 saturated carbocycles. The van der Waals surface area contributed by atoms with Crippen LogP contribution in [0, 0.1) is 18.6 Å². The third-order valence-electron chi connectivity index (χ3n) is 4.99. The van der Waals surface area contributed by atoms with Crippen molar-refractivity contribution >= 4 is 34.4 Å². The highest BCUT2D eigenvalue weighted by Gasteiger charge is 2.27. The van der Waals surface area contributed by atoms with Crippen molar-refractivity contribution in [3.05, 3.63) is 63.8 Å². The minimum atomic E-state index is -1.24. The van der Waals surface area contributed by atoms with Crippen LogP contribution in [0.25, 0.3) is 10.9 Å². The van der Waals surface area contributed by atoms with Gasteiger partial charge in [-0.25, -0.2) is 8.78 Å². The minimum Gasteiger partial charge on any atom is -0.503 e. The van der Waals surface area contributed by atoms with Gasteiger partial charge in [0.25, 0.3) is 5.91 Å². The van der Waals surface area contributed by atoms with Gasteiger partial charge < -0.3 is 9.84 Å². The zero-order chi connectivity index (χ0) is 22.2. The number of phenols is 1. The van der Waals surface area contributed by atoms with E-state index in [1.807, 2.05) is 6.92 Å². The van der Waals surface area contributed by atoms with Crippen LogP contribution in [0.3, 0.4) is 0 Å². The lowest BCUT2D eigenvalue weighted by Gasteiger charge is -2.11. The highest BCUT2D eigenvalue weighted by atomic mass is 35.5. The zero-order valence-corrected chi connectivity index (χ0v) is 17.4. The second-order valence-electron chi connectivity index (χ2n) is 7.02. The van der Waals surface area contributed by atoms with Gasteiger partial charge in [-0.15, -0.1) is 0 Å². The van der Waals surface area contributed by atoms with E-state index in [1.165, 1.54) is 19.1 Å². The lowest BCUT2D eigenvalue weighted by atomic mass is 10.1. The number of hydrogen-bond acceptors (Lipinski definition) is 4. The first-order chi connectivity index (χ1) is 14.1. The van der Waals surface area contributed by atoms with E-state index in [1.54, 1.807) is 19.1 Å². The number of nitrogens with zero attached hydrogens (tertiary/aromatic N) is 1. The largest absolute Gasteiger partial charge is 0.503 e. The highest BCUT2D eigenvalue weighted by Crippen LogP contribution is 2.35.